The van der Waals surface area contributed by atoms with Crippen LogP contribution in [-0.4, -0.2) is 29.2 Å². The number of nitrogens with zero attached hydrogens (tertiary/aromatic N) is 2. The Morgan fingerprint density at radius 3 is 3.20 bits per heavy atom. The first-order valence-electron chi connectivity index (χ1n) is 4.50. The van der Waals surface area contributed by atoms with Crippen molar-refractivity contribution in [3.8, 4) is 0 Å². The van der Waals surface area contributed by atoms with Gasteiger partial charge >= 0.3 is 0 Å². The molecule has 0 aromatic carbocycles. The molecule has 1 aliphatic heterocycles. The molecule has 0 fully saturated rings. The zero-order valence-electron chi connectivity index (χ0n) is 8.10. The summed E-state index contributed by atoms with van der Waals surface area (Å²) >= 11 is 0. The fourth-order valence-electron chi connectivity index (χ4n) is 1.27. The Morgan fingerprint density at radius 1 is 1.53 bits per heavy atom. The van der Waals surface area contributed by atoms with E-state index in [1.165, 1.54) is 0 Å². The molecule has 5 nitrogen and oxygen atoms in total. The predicted molar refractivity (Wildman–Crippen MR) is 61.3 cm³/mol. The topological polar surface area (TPSA) is 69.5 Å². The van der Waals surface area contributed by atoms with E-state index < -0.39 is 0 Å². The molecular weight excluding hydrogens is 216 g/mol. The Kier molecular flexibility index (Phi) is 4.33. The number of aromatic nitrogens is 1. The average molecular weight is 229 g/mol. The van der Waals surface area contributed by atoms with Crippen LogP contribution in [0.2, 0.25) is 0 Å². The molecule has 0 saturated heterocycles. The van der Waals surface area contributed by atoms with Crippen LogP contribution in [0.15, 0.2) is 23.3 Å². The third-order valence-corrected chi connectivity index (χ3v) is 1.94. The number of hydrogen-bond donors (Lipinski definition) is 3. The summed E-state index contributed by atoms with van der Waals surface area (Å²) in [5, 5.41) is 14.6. The van der Waals surface area contributed by atoms with Gasteiger partial charge in [0, 0.05) is 18.3 Å². The molecule has 1 aliphatic rings. The summed E-state index contributed by atoms with van der Waals surface area (Å²) in [6, 6.07) is 3.88. The zero-order chi connectivity index (χ0) is 9.80. The van der Waals surface area contributed by atoms with Crippen molar-refractivity contribution in [3.63, 3.8) is 0 Å². The second kappa shape index (κ2) is 5.53. The Labute approximate surface area is 94.0 Å². The quantitative estimate of drug-likeness (QED) is 0.684. The number of fused-ring (bicyclic) bond motifs is 1. The number of pyridine rings is 1. The molecule has 0 unspecified atom stereocenters. The Bertz CT molecular complexity index is 356. The molecule has 2 heterocycles. The van der Waals surface area contributed by atoms with Crippen LogP contribution in [-0.2, 0) is 6.54 Å². The summed E-state index contributed by atoms with van der Waals surface area (Å²) in [5.41, 5.74) is 1.09. The van der Waals surface area contributed by atoms with E-state index >= 15 is 0 Å². The largest absolute Gasteiger partial charge is 0.395 e. The number of aliphatic imine (C=N–C) groups is 1. The van der Waals surface area contributed by atoms with Gasteiger partial charge in [-0.05, 0) is 6.07 Å². The van der Waals surface area contributed by atoms with E-state index in [4.69, 9.17) is 5.11 Å². The Morgan fingerprint density at radius 2 is 2.40 bits per heavy atom. The van der Waals surface area contributed by atoms with Crippen LogP contribution in [0.4, 0.5) is 5.82 Å². The summed E-state index contributed by atoms with van der Waals surface area (Å²) in [6.45, 7) is 1.22. The molecule has 2 rings (SSSR count). The van der Waals surface area contributed by atoms with Gasteiger partial charge in [-0.15, -0.1) is 12.4 Å². The van der Waals surface area contributed by atoms with E-state index in [9.17, 15) is 0 Å². The molecule has 0 spiro atoms. The fourth-order valence-corrected chi connectivity index (χ4v) is 1.27. The van der Waals surface area contributed by atoms with Crippen LogP contribution in [0.5, 0.6) is 0 Å². The SMILES string of the molecule is Cl.OCCNC1=NCc2cccnc2N1. The van der Waals surface area contributed by atoms with Gasteiger partial charge in [-0.1, -0.05) is 6.07 Å². The van der Waals surface area contributed by atoms with Crippen molar-refractivity contribution in [3.05, 3.63) is 23.9 Å². The van der Waals surface area contributed by atoms with Gasteiger partial charge in [-0.2, -0.15) is 0 Å². The zero-order valence-corrected chi connectivity index (χ0v) is 8.92. The number of anilines is 1. The fraction of sp³-hybridized carbons (Fsp3) is 0.333. The molecule has 0 atom stereocenters. The van der Waals surface area contributed by atoms with Crippen LogP contribution in [0.3, 0.4) is 0 Å². The van der Waals surface area contributed by atoms with E-state index in [0.717, 1.165) is 11.4 Å². The lowest BCUT2D eigenvalue weighted by atomic mass is 10.2. The van der Waals surface area contributed by atoms with Crippen LogP contribution in [0.25, 0.3) is 0 Å². The third kappa shape index (κ3) is 2.81. The molecule has 0 radical (unpaired) electrons. The average Bonchev–Trinajstić information content (AvgIpc) is 2.26. The van der Waals surface area contributed by atoms with Crippen molar-refractivity contribution in [2.75, 3.05) is 18.5 Å². The standard InChI is InChI=1S/C9H12N4O.ClH/c14-5-4-11-9-12-6-7-2-1-3-10-8(7)13-9;/h1-3,14H,4-6H2,(H2,10,11,12,13);1H. The van der Waals surface area contributed by atoms with Crippen molar-refractivity contribution in [2.45, 2.75) is 6.54 Å². The lowest BCUT2D eigenvalue weighted by Gasteiger charge is -2.17. The first-order valence-corrected chi connectivity index (χ1v) is 4.50. The van der Waals surface area contributed by atoms with Gasteiger partial charge in [-0.25, -0.2) is 9.98 Å². The second-order valence-corrected chi connectivity index (χ2v) is 2.95. The summed E-state index contributed by atoms with van der Waals surface area (Å²) < 4.78 is 0. The van der Waals surface area contributed by atoms with Gasteiger partial charge < -0.3 is 15.7 Å². The predicted octanol–water partition coefficient (Wildman–Crippen LogP) is 0.367. The van der Waals surface area contributed by atoms with E-state index in [-0.39, 0.29) is 19.0 Å². The van der Waals surface area contributed by atoms with E-state index in [1.807, 2.05) is 12.1 Å². The summed E-state index contributed by atoms with van der Waals surface area (Å²) in [7, 11) is 0. The number of guanidine groups is 1. The maximum atomic E-state index is 8.63. The molecule has 0 aliphatic carbocycles. The first-order chi connectivity index (χ1) is 6.90. The highest BCUT2D eigenvalue weighted by atomic mass is 35.5. The Balaban J connectivity index is 0.00000112. The molecule has 82 valence electrons. The minimum atomic E-state index is 0. The normalized spacial score (nSPS) is 13.0. The summed E-state index contributed by atoms with van der Waals surface area (Å²) in [6.07, 6.45) is 1.74. The minimum absolute atomic E-state index is 0. The Hall–Kier alpha value is -1.33. The van der Waals surface area contributed by atoms with Crippen molar-refractivity contribution in [2.24, 2.45) is 4.99 Å². The van der Waals surface area contributed by atoms with Gasteiger partial charge in [-0.3, -0.25) is 0 Å². The van der Waals surface area contributed by atoms with E-state index in [2.05, 4.69) is 20.6 Å². The van der Waals surface area contributed by atoms with Gasteiger partial charge in [0.2, 0.25) is 0 Å². The van der Waals surface area contributed by atoms with Gasteiger partial charge in [0.15, 0.2) is 5.96 Å². The third-order valence-electron chi connectivity index (χ3n) is 1.94. The van der Waals surface area contributed by atoms with Crippen LogP contribution in [0, 0.1) is 0 Å². The van der Waals surface area contributed by atoms with Crippen molar-refractivity contribution < 1.29 is 5.11 Å². The minimum Gasteiger partial charge on any atom is -0.395 e. The molecule has 0 bridgehead atoms. The van der Waals surface area contributed by atoms with Crippen molar-refractivity contribution in [1.29, 1.82) is 0 Å². The van der Waals surface area contributed by atoms with E-state index in [1.54, 1.807) is 6.20 Å². The second-order valence-electron chi connectivity index (χ2n) is 2.95. The van der Waals surface area contributed by atoms with Gasteiger partial charge in [0.25, 0.3) is 0 Å². The smallest absolute Gasteiger partial charge is 0.197 e. The molecular formula is C9H13ClN4O. The lowest BCUT2D eigenvalue weighted by molar-refractivity contribution is 0.300. The van der Waals surface area contributed by atoms with Crippen LogP contribution >= 0.6 is 12.4 Å². The first kappa shape index (κ1) is 11.7. The highest BCUT2D eigenvalue weighted by Crippen LogP contribution is 2.15. The molecule has 0 saturated carbocycles. The monoisotopic (exact) mass is 228 g/mol. The molecule has 1 aromatic rings. The number of aliphatic hydroxyl groups excluding tert-OH is 1. The van der Waals surface area contributed by atoms with Crippen molar-refractivity contribution >= 4 is 24.2 Å². The molecule has 3 N–H and O–H groups in total. The van der Waals surface area contributed by atoms with Crippen molar-refractivity contribution in [1.82, 2.24) is 10.3 Å². The van der Waals surface area contributed by atoms with E-state index in [0.29, 0.717) is 19.0 Å². The number of aliphatic hydroxyl groups is 1. The number of rotatable bonds is 2. The molecule has 15 heavy (non-hydrogen) atoms. The molecule has 6 heteroatoms. The number of halogens is 1. The maximum absolute atomic E-state index is 8.63. The summed E-state index contributed by atoms with van der Waals surface area (Å²) in [5.74, 6) is 1.51. The van der Waals surface area contributed by atoms with Crippen LogP contribution < -0.4 is 10.6 Å². The summed E-state index contributed by atoms with van der Waals surface area (Å²) in [4.78, 5) is 8.43. The maximum Gasteiger partial charge on any atom is 0.197 e. The lowest BCUT2D eigenvalue weighted by Crippen LogP contribution is -2.35. The van der Waals surface area contributed by atoms with Gasteiger partial charge in [0.05, 0.1) is 13.2 Å². The number of hydrogen-bond acceptors (Lipinski definition) is 5. The number of nitrogens with one attached hydrogen (secondary N) is 2. The van der Waals surface area contributed by atoms with Gasteiger partial charge in [0.1, 0.15) is 5.82 Å². The van der Waals surface area contributed by atoms with Crippen LogP contribution in [0.1, 0.15) is 5.56 Å². The highest BCUT2D eigenvalue weighted by Gasteiger charge is 2.10. The highest BCUT2D eigenvalue weighted by molar-refractivity contribution is 5.94. The molecule has 1 aromatic heterocycles. The molecule has 0 amide bonds.